The van der Waals surface area contributed by atoms with E-state index in [1.165, 1.54) is 0 Å². The maximum atomic E-state index is 6.12. The van der Waals surface area contributed by atoms with Crippen molar-refractivity contribution >= 4 is 28.5 Å². The van der Waals surface area contributed by atoms with E-state index in [0.717, 1.165) is 48.1 Å². The molecule has 1 N–H and O–H groups in total. The molecule has 0 amide bonds. The van der Waals surface area contributed by atoms with Crippen molar-refractivity contribution in [2.75, 3.05) is 31.1 Å². The molecule has 1 saturated heterocycles. The number of halogens is 1. The Kier molecular flexibility index (Phi) is 2.50. The van der Waals surface area contributed by atoms with E-state index in [9.17, 15) is 0 Å². The molecule has 0 bridgehead atoms. The number of nitrogens with one attached hydrogen (secondary N) is 1. The summed E-state index contributed by atoms with van der Waals surface area (Å²) in [5.41, 5.74) is 0.862. The Hall–Kier alpha value is -1.19. The number of hydrogen-bond acceptors (Lipinski definition) is 3. The lowest BCUT2D eigenvalue weighted by molar-refractivity contribution is 0.527. The van der Waals surface area contributed by atoms with Gasteiger partial charge in [-0.2, -0.15) is 0 Å². The quantitative estimate of drug-likeness (QED) is 0.825. The van der Waals surface area contributed by atoms with E-state index in [-0.39, 0.29) is 0 Å². The Morgan fingerprint density at radius 3 is 2.81 bits per heavy atom. The zero-order chi connectivity index (χ0) is 11.0. The second-order valence-corrected chi connectivity index (χ2v) is 4.38. The molecule has 2 aromatic rings. The fourth-order valence-electron chi connectivity index (χ4n) is 2.05. The second-order valence-electron chi connectivity index (χ2n) is 3.97. The molecular weight excluding hydrogens is 224 g/mol. The Balaban J connectivity index is 2.01. The minimum Gasteiger partial charge on any atom is -0.440 e. The fraction of sp³-hybridized carbons (Fsp3) is 0.333. The van der Waals surface area contributed by atoms with Crippen LogP contribution in [0.2, 0.25) is 5.02 Å². The fourth-order valence-corrected chi connectivity index (χ4v) is 2.27. The highest BCUT2D eigenvalue weighted by atomic mass is 35.5. The number of fused-ring (bicyclic) bond motifs is 1. The number of nitrogens with zero attached hydrogens (tertiary/aromatic N) is 1. The van der Waals surface area contributed by atoms with Crippen molar-refractivity contribution < 1.29 is 4.42 Å². The molecule has 1 aromatic carbocycles. The highest BCUT2D eigenvalue weighted by Crippen LogP contribution is 2.31. The van der Waals surface area contributed by atoms with Gasteiger partial charge in [-0.1, -0.05) is 17.7 Å². The maximum absolute atomic E-state index is 6.12. The van der Waals surface area contributed by atoms with Crippen LogP contribution in [-0.2, 0) is 0 Å². The normalized spacial score (nSPS) is 16.9. The number of hydrogen-bond donors (Lipinski definition) is 1. The van der Waals surface area contributed by atoms with Gasteiger partial charge in [-0.25, -0.2) is 0 Å². The van der Waals surface area contributed by atoms with Crippen molar-refractivity contribution in [2.24, 2.45) is 0 Å². The summed E-state index contributed by atoms with van der Waals surface area (Å²) in [4.78, 5) is 2.24. The number of rotatable bonds is 1. The first kappa shape index (κ1) is 10.00. The number of furan rings is 1. The summed E-state index contributed by atoms with van der Waals surface area (Å²) >= 11 is 6.12. The highest BCUT2D eigenvalue weighted by Gasteiger charge is 2.15. The average Bonchev–Trinajstić information content (AvgIpc) is 2.76. The van der Waals surface area contributed by atoms with Gasteiger partial charge in [0.2, 0.25) is 0 Å². The van der Waals surface area contributed by atoms with Gasteiger partial charge in [0.15, 0.2) is 5.88 Å². The number of benzene rings is 1. The molecule has 1 aromatic heterocycles. The van der Waals surface area contributed by atoms with Crippen LogP contribution in [0.15, 0.2) is 28.7 Å². The largest absolute Gasteiger partial charge is 0.440 e. The van der Waals surface area contributed by atoms with Crippen LogP contribution in [0.4, 0.5) is 5.88 Å². The lowest BCUT2D eigenvalue weighted by Gasteiger charge is -2.26. The van der Waals surface area contributed by atoms with E-state index in [0.29, 0.717) is 0 Å². The van der Waals surface area contributed by atoms with Crippen LogP contribution in [0.3, 0.4) is 0 Å². The van der Waals surface area contributed by atoms with Gasteiger partial charge in [-0.3, -0.25) is 0 Å². The van der Waals surface area contributed by atoms with E-state index in [4.69, 9.17) is 16.0 Å². The highest BCUT2D eigenvalue weighted by molar-refractivity contribution is 6.35. The van der Waals surface area contributed by atoms with Gasteiger partial charge in [0.25, 0.3) is 0 Å². The average molecular weight is 237 g/mol. The standard InChI is InChI=1S/C12H13ClN2O/c13-10-2-1-3-11-9(10)8-12(16-11)15-6-4-14-5-7-15/h1-3,8,14H,4-7H2. The van der Waals surface area contributed by atoms with Crippen LogP contribution in [0.25, 0.3) is 11.0 Å². The monoisotopic (exact) mass is 236 g/mol. The predicted octanol–water partition coefficient (Wildman–Crippen LogP) is 2.50. The first-order valence-electron chi connectivity index (χ1n) is 5.48. The van der Waals surface area contributed by atoms with Crippen LogP contribution in [-0.4, -0.2) is 26.2 Å². The Morgan fingerprint density at radius 2 is 2.06 bits per heavy atom. The van der Waals surface area contributed by atoms with E-state index < -0.39 is 0 Å². The summed E-state index contributed by atoms with van der Waals surface area (Å²) in [5, 5.41) is 5.07. The summed E-state index contributed by atoms with van der Waals surface area (Å²) in [5.74, 6) is 0.921. The topological polar surface area (TPSA) is 28.4 Å². The molecule has 1 aliphatic heterocycles. The molecule has 0 saturated carbocycles. The van der Waals surface area contributed by atoms with Gasteiger partial charge in [-0.15, -0.1) is 0 Å². The molecule has 4 heteroatoms. The van der Waals surface area contributed by atoms with Crippen LogP contribution < -0.4 is 10.2 Å². The predicted molar refractivity (Wildman–Crippen MR) is 66.3 cm³/mol. The van der Waals surface area contributed by atoms with Gasteiger partial charge < -0.3 is 14.6 Å². The molecule has 1 fully saturated rings. The smallest absolute Gasteiger partial charge is 0.196 e. The van der Waals surface area contributed by atoms with Gasteiger partial charge in [0.05, 0.1) is 5.02 Å². The molecule has 84 valence electrons. The lowest BCUT2D eigenvalue weighted by atomic mass is 10.2. The molecule has 0 spiro atoms. The van der Waals surface area contributed by atoms with Crippen molar-refractivity contribution in [2.45, 2.75) is 0 Å². The third-order valence-corrected chi connectivity index (χ3v) is 3.25. The van der Waals surface area contributed by atoms with Gasteiger partial charge in [-0.05, 0) is 12.1 Å². The summed E-state index contributed by atoms with van der Waals surface area (Å²) in [7, 11) is 0. The molecule has 16 heavy (non-hydrogen) atoms. The third-order valence-electron chi connectivity index (χ3n) is 2.92. The summed E-state index contributed by atoms with van der Waals surface area (Å²) in [6.07, 6.45) is 0. The first-order chi connectivity index (χ1) is 7.84. The minimum atomic E-state index is 0.752. The summed E-state index contributed by atoms with van der Waals surface area (Å²) in [6.45, 7) is 3.98. The van der Waals surface area contributed by atoms with Gasteiger partial charge in [0.1, 0.15) is 5.58 Å². The molecule has 0 aliphatic carbocycles. The van der Waals surface area contributed by atoms with Gasteiger partial charge in [0, 0.05) is 37.6 Å². The van der Waals surface area contributed by atoms with E-state index in [1.807, 2.05) is 24.3 Å². The molecule has 2 heterocycles. The van der Waals surface area contributed by atoms with Crippen molar-refractivity contribution in [1.29, 1.82) is 0 Å². The number of piperazine rings is 1. The molecular formula is C12H13ClN2O. The van der Waals surface area contributed by atoms with Crippen LogP contribution in [0.1, 0.15) is 0 Å². The molecule has 3 nitrogen and oxygen atoms in total. The van der Waals surface area contributed by atoms with Crippen LogP contribution in [0.5, 0.6) is 0 Å². The number of anilines is 1. The lowest BCUT2D eigenvalue weighted by Crippen LogP contribution is -2.43. The molecule has 3 rings (SSSR count). The first-order valence-corrected chi connectivity index (χ1v) is 5.86. The maximum Gasteiger partial charge on any atom is 0.196 e. The van der Waals surface area contributed by atoms with Crippen molar-refractivity contribution in [3.63, 3.8) is 0 Å². The Bertz CT molecular complexity index is 503. The molecule has 1 aliphatic rings. The van der Waals surface area contributed by atoms with E-state index >= 15 is 0 Å². The SMILES string of the molecule is Clc1cccc2oc(N3CCNCC3)cc12. The van der Waals surface area contributed by atoms with Crippen LogP contribution in [0, 0.1) is 0 Å². The Morgan fingerprint density at radius 1 is 1.25 bits per heavy atom. The molecule has 0 atom stereocenters. The van der Waals surface area contributed by atoms with Crippen molar-refractivity contribution in [3.8, 4) is 0 Å². The zero-order valence-corrected chi connectivity index (χ0v) is 9.63. The minimum absolute atomic E-state index is 0.752. The van der Waals surface area contributed by atoms with Gasteiger partial charge >= 0.3 is 0 Å². The zero-order valence-electron chi connectivity index (χ0n) is 8.87. The van der Waals surface area contributed by atoms with Crippen LogP contribution >= 0.6 is 11.6 Å². The van der Waals surface area contributed by atoms with Crippen molar-refractivity contribution in [3.05, 3.63) is 29.3 Å². The van der Waals surface area contributed by atoms with Crippen molar-refractivity contribution in [1.82, 2.24) is 5.32 Å². The molecule has 0 unspecified atom stereocenters. The molecule has 0 radical (unpaired) electrons. The summed E-state index contributed by atoms with van der Waals surface area (Å²) < 4.78 is 5.80. The Labute approximate surface area is 99.0 Å². The van der Waals surface area contributed by atoms with E-state index in [1.54, 1.807) is 0 Å². The second kappa shape index (κ2) is 4.00. The van der Waals surface area contributed by atoms with E-state index in [2.05, 4.69) is 10.2 Å². The summed E-state index contributed by atoms with van der Waals surface area (Å²) in [6, 6.07) is 7.78. The third kappa shape index (κ3) is 1.66.